The lowest BCUT2D eigenvalue weighted by Gasteiger charge is -2.57. The van der Waals surface area contributed by atoms with Gasteiger partial charge in [0.1, 0.15) is 0 Å². The van der Waals surface area contributed by atoms with Crippen LogP contribution < -0.4 is 5.32 Å². The Bertz CT molecular complexity index is 666. The first kappa shape index (κ1) is 14.0. The lowest BCUT2D eigenvalue weighted by atomic mass is 9.51. The van der Waals surface area contributed by atoms with Crippen LogP contribution >= 0.6 is 0 Å². The Morgan fingerprint density at radius 1 is 1.30 bits per heavy atom. The van der Waals surface area contributed by atoms with Crippen molar-refractivity contribution in [2.45, 2.75) is 50.0 Å². The molecule has 0 aromatic heterocycles. The van der Waals surface area contributed by atoms with Gasteiger partial charge in [-0.25, -0.2) is 0 Å². The molecule has 0 spiro atoms. The van der Waals surface area contributed by atoms with E-state index in [9.17, 15) is 13.0 Å². The third-order valence-corrected chi connectivity index (χ3v) is 6.55. The second-order valence-electron chi connectivity index (χ2n) is 6.81. The highest BCUT2D eigenvalue weighted by Crippen LogP contribution is 2.53. The molecule has 1 aliphatic heterocycles. The van der Waals surface area contributed by atoms with Crippen molar-refractivity contribution in [3.05, 3.63) is 29.3 Å². The third-order valence-electron chi connectivity index (χ3n) is 5.70. The van der Waals surface area contributed by atoms with E-state index in [1.807, 2.05) is 6.07 Å². The van der Waals surface area contributed by atoms with E-state index >= 15 is 0 Å². The number of hydrogen-bond donors (Lipinski definition) is 2. The summed E-state index contributed by atoms with van der Waals surface area (Å²) >= 11 is 0. The van der Waals surface area contributed by atoms with Gasteiger partial charge in [-0.3, -0.25) is 4.55 Å². The van der Waals surface area contributed by atoms with Crippen molar-refractivity contribution in [2.75, 3.05) is 6.54 Å². The SMILES string of the molecule is CC1(C)[C@H]2Cc3cc(S(=O)(=O)O)ccc3[C@]1(C)CCN2. The fourth-order valence-electron chi connectivity index (χ4n) is 3.92. The molecule has 1 fully saturated rings. The molecular weight excluding hydrogens is 274 g/mol. The van der Waals surface area contributed by atoms with Gasteiger partial charge in [-0.15, -0.1) is 0 Å². The van der Waals surface area contributed by atoms with E-state index in [1.54, 1.807) is 6.07 Å². The van der Waals surface area contributed by atoms with Gasteiger partial charge >= 0.3 is 0 Å². The lowest BCUT2D eigenvalue weighted by Crippen LogP contribution is -2.62. The summed E-state index contributed by atoms with van der Waals surface area (Å²) in [5.41, 5.74) is 2.43. The van der Waals surface area contributed by atoms with Crippen molar-refractivity contribution < 1.29 is 13.0 Å². The number of hydrogen-bond acceptors (Lipinski definition) is 3. The molecule has 4 nitrogen and oxygen atoms in total. The highest BCUT2D eigenvalue weighted by molar-refractivity contribution is 7.85. The van der Waals surface area contributed by atoms with E-state index in [0.29, 0.717) is 6.04 Å². The molecule has 1 aromatic carbocycles. The Morgan fingerprint density at radius 3 is 2.65 bits per heavy atom. The van der Waals surface area contributed by atoms with Gasteiger partial charge in [-0.1, -0.05) is 26.8 Å². The highest BCUT2D eigenvalue weighted by Gasteiger charge is 2.53. The van der Waals surface area contributed by atoms with Gasteiger partial charge in [-0.2, -0.15) is 8.42 Å². The third kappa shape index (κ3) is 1.76. The van der Waals surface area contributed by atoms with E-state index in [-0.39, 0.29) is 15.7 Å². The van der Waals surface area contributed by atoms with Crippen molar-refractivity contribution in [3.63, 3.8) is 0 Å². The molecule has 0 radical (unpaired) electrons. The van der Waals surface area contributed by atoms with Crippen molar-refractivity contribution in [1.29, 1.82) is 0 Å². The van der Waals surface area contributed by atoms with Crippen molar-refractivity contribution in [2.24, 2.45) is 5.41 Å². The Hall–Kier alpha value is -0.910. The number of rotatable bonds is 1. The first-order chi connectivity index (χ1) is 9.16. The summed E-state index contributed by atoms with van der Waals surface area (Å²) in [6.45, 7) is 7.82. The van der Waals surface area contributed by atoms with Crippen molar-refractivity contribution in [1.82, 2.24) is 5.32 Å². The summed E-state index contributed by atoms with van der Waals surface area (Å²) in [6, 6.07) is 5.39. The van der Waals surface area contributed by atoms with Crippen LogP contribution in [0.2, 0.25) is 0 Å². The molecule has 110 valence electrons. The van der Waals surface area contributed by atoms with Crippen LogP contribution in [0.25, 0.3) is 0 Å². The number of piperidine rings is 1. The molecule has 20 heavy (non-hydrogen) atoms. The predicted octanol–water partition coefficient (Wildman–Crippen LogP) is 2.14. The largest absolute Gasteiger partial charge is 0.313 e. The fraction of sp³-hybridized carbons (Fsp3) is 0.600. The molecule has 0 amide bonds. The van der Waals surface area contributed by atoms with E-state index in [4.69, 9.17) is 0 Å². The van der Waals surface area contributed by atoms with E-state index in [0.717, 1.165) is 24.9 Å². The molecule has 3 rings (SSSR count). The molecule has 2 N–H and O–H groups in total. The van der Waals surface area contributed by atoms with Crippen LogP contribution in [0.5, 0.6) is 0 Å². The molecule has 2 aliphatic rings. The second kappa shape index (κ2) is 4.06. The molecule has 0 unspecified atom stereocenters. The van der Waals surface area contributed by atoms with Gasteiger partial charge in [0.25, 0.3) is 10.1 Å². The molecular formula is C15H21NO3S. The zero-order chi connectivity index (χ0) is 14.8. The monoisotopic (exact) mass is 295 g/mol. The van der Waals surface area contributed by atoms with Crippen LogP contribution in [0.15, 0.2) is 23.1 Å². The van der Waals surface area contributed by atoms with E-state index in [2.05, 4.69) is 26.1 Å². The minimum atomic E-state index is -4.13. The Morgan fingerprint density at radius 2 is 2.00 bits per heavy atom. The van der Waals surface area contributed by atoms with Gasteiger partial charge in [-0.05, 0) is 48.1 Å². The molecule has 1 saturated heterocycles. The number of benzene rings is 1. The summed E-state index contributed by atoms with van der Waals surface area (Å²) in [5.74, 6) is 0. The van der Waals surface area contributed by atoms with E-state index in [1.165, 1.54) is 11.6 Å². The lowest BCUT2D eigenvalue weighted by molar-refractivity contribution is 0.0558. The number of fused-ring (bicyclic) bond motifs is 4. The first-order valence-electron chi connectivity index (χ1n) is 7.00. The number of nitrogens with one attached hydrogen (secondary N) is 1. The van der Waals surface area contributed by atoms with Crippen LogP contribution in [-0.2, 0) is 22.0 Å². The molecule has 1 aliphatic carbocycles. The Labute approximate surface area is 120 Å². The van der Waals surface area contributed by atoms with Gasteiger partial charge in [0.15, 0.2) is 0 Å². The molecule has 0 saturated carbocycles. The van der Waals surface area contributed by atoms with Crippen LogP contribution in [0, 0.1) is 5.41 Å². The standard InChI is InChI=1S/C15H21NO3S/c1-14(2)13-9-10-8-11(20(17,18)19)4-5-12(10)15(14,3)6-7-16-13/h4-5,8,13,16H,6-7,9H2,1-3H3,(H,17,18,19)/t13-,15+/m1/s1. The van der Waals surface area contributed by atoms with Crippen LogP contribution in [-0.4, -0.2) is 25.6 Å². The molecule has 1 heterocycles. The fourth-order valence-corrected chi connectivity index (χ4v) is 4.46. The summed E-state index contributed by atoms with van der Waals surface area (Å²) in [6.07, 6.45) is 1.84. The second-order valence-corrected chi connectivity index (χ2v) is 8.23. The summed E-state index contributed by atoms with van der Waals surface area (Å²) in [5, 5.41) is 3.55. The maximum absolute atomic E-state index is 11.3. The smallest absolute Gasteiger partial charge is 0.294 e. The summed E-state index contributed by atoms with van der Waals surface area (Å²) < 4.78 is 31.8. The minimum Gasteiger partial charge on any atom is -0.313 e. The van der Waals surface area contributed by atoms with Crippen molar-refractivity contribution >= 4 is 10.1 Å². The minimum absolute atomic E-state index is 0.00219. The average molecular weight is 295 g/mol. The molecule has 2 atom stereocenters. The van der Waals surface area contributed by atoms with Crippen molar-refractivity contribution in [3.8, 4) is 0 Å². The normalized spacial score (nSPS) is 31.7. The van der Waals surface area contributed by atoms with Crippen LogP contribution in [0.4, 0.5) is 0 Å². The zero-order valence-electron chi connectivity index (χ0n) is 12.1. The quantitative estimate of drug-likeness (QED) is 0.779. The molecule has 5 heteroatoms. The molecule has 2 bridgehead atoms. The van der Waals surface area contributed by atoms with Gasteiger partial charge in [0.2, 0.25) is 0 Å². The average Bonchev–Trinajstić information content (AvgIpc) is 2.31. The topological polar surface area (TPSA) is 66.4 Å². The van der Waals surface area contributed by atoms with Gasteiger partial charge < -0.3 is 5.32 Å². The maximum Gasteiger partial charge on any atom is 0.294 e. The zero-order valence-corrected chi connectivity index (χ0v) is 12.9. The summed E-state index contributed by atoms with van der Waals surface area (Å²) in [4.78, 5) is -0.00219. The van der Waals surface area contributed by atoms with Crippen LogP contribution in [0.1, 0.15) is 38.3 Å². The highest BCUT2D eigenvalue weighted by atomic mass is 32.2. The molecule has 1 aromatic rings. The predicted molar refractivity (Wildman–Crippen MR) is 77.5 cm³/mol. The Kier molecular flexibility index (Phi) is 2.85. The van der Waals surface area contributed by atoms with Crippen LogP contribution in [0.3, 0.4) is 0 Å². The Balaban J connectivity index is 2.20. The summed E-state index contributed by atoms with van der Waals surface area (Å²) in [7, 11) is -4.13. The maximum atomic E-state index is 11.3. The first-order valence-corrected chi connectivity index (χ1v) is 8.44. The van der Waals surface area contributed by atoms with E-state index < -0.39 is 10.1 Å². The van der Waals surface area contributed by atoms with Gasteiger partial charge in [0.05, 0.1) is 4.90 Å². The van der Waals surface area contributed by atoms with Gasteiger partial charge in [0, 0.05) is 11.5 Å².